The number of ether oxygens (including phenoxy) is 1. The molecule has 7 heteroatoms. The van der Waals surface area contributed by atoms with Crippen LogP contribution in [0.2, 0.25) is 0 Å². The van der Waals surface area contributed by atoms with Gasteiger partial charge in [-0.1, -0.05) is 24.6 Å². The van der Waals surface area contributed by atoms with Crippen molar-refractivity contribution in [2.75, 3.05) is 18.9 Å². The summed E-state index contributed by atoms with van der Waals surface area (Å²) in [5.41, 5.74) is 0. The quantitative estimate of drug-likeness (QED) is 0.584. The summed E-state index contributed by atoms with van der Waals surface area (Å²) in [7, 11) is 0. The van der Waals surface area contributed by atoms with Crippen LogP contribution < -0.4 is 5.32 Å². The molecule has 0 atom stereocenters. The summed E-state index contributed by atoms with van der Waals surface area (Å²) in [5, 5.41) is 10.8. The summed E-state index contributed by atoms with van der Waals surface area (Å²) in [4.78, 5) is 11.6. The van der Waals surface area contributed by atoms with E-state index in [2.05, 4.69) is 15.5 Å². The van der Waals surface area contributed by atoms with Gasteiger partial charge >= 0.3 is 0 Å². The number of carbonyl (C=O) groups is 1. The van der Waals surface area contributed by atoms with E-state index in [9.17, 15) is 4.79 Å². The number of thioether (sulfide) groups is 1. The van der Waals surface area contributed by atoms with Gasteiger partial charge in [0.05, 0.1) is 11.9 Å². The standard InChI is InChI=1S/C13H21N3O3S/c1-10-15-16-13(19-10)20-9-12(17)14-7-4-8-18-11-5-2-3-6-11/h11H,2-9H2,1H3,(H,14,17). The molecule has 1 N–H and O–H groups in total. The monoisotopic (exact) mass is 299 g/mol. The van der Waals surface area contributed by atoms with Crippen LogP contribution in [0.25, 0.3) is 0 Å². The number of amides is 1. The number of aryl methyl sites for hydroxylation is 1. The molecule has 0 saturated heterocycles. The number of nitrogens with zero attached hydrogens (tertiary/aromatic N) is 2. The number of hydrogen-bond donors (Lipinski definition) is 1. The zero-order valence-electron chi connectivity index (χ0n) is 11.8. The van der Waals surface area contributed by atoms with Crippen LogP contribution in [0, 0.1) is 6.92 Å². The highest BCUT2D eigenvalue weighted by Crippen LogP contribution is 2.20. The summed E-state index contributed by atoms with van der Waals surface area (Å²) in [6.45, 7) is 3.09. The fourth-order valence-corrected chi connectivity index (χ4v) is 2.75. The first kappa shape index (κ1) is 15.3. The normalized spacial score (nSPS) is 15.7. The molecule has 6 nitrogen and oxygen atoms in total. The van der Waals surface area contributed by atoms with E-state index >= 15 is 0 Å². The van der Waals surface area contributed by atoms with E-state index in [1.165, 1.54) is 37.4 Å². The molecule has 112 valence electrons. The van der Waals surface area contributed by atoms with Gasteiger partial charge in [0.15, 0.2) is 0 Å². The molecule has 1 aliphatic rings. The molecule has 0 aromatic carbocycles. The first-order chi connectivity index (χ1) is 9.74. The van der Waals surface area contributed by atoms with Crippen molar-refractivity contribution in [1.29, 1.82) is 0 Å². The average Bonchev–Trinajstić information content (AvgIpc) is 3.07. The highest BCUT2D eigenvalue weighted by Gasteiger charge is 2.14. The van der Waals surface area contributed by atoms with E-state index in [0.717, 1.165) is 13.0 Å². The van der Waals surface area contributed by atoms with Crippen LogP contribution in [-0.4, -0.2) is 41.1 Å². The molecular weight excluding hydrogens is 278 g/mol. The Morgan fingerprint density at radius 3 is 2.95 bits per heavy atom. The zero-order chi connectivity index (χ0) is 14.2. The maximum Gasteiger partial charge on any atom is 0.277 e. The maximum atomic E-state index is 11.6. The molecule has 1 amide bonds. The number of carbonyl (C=O) groups excluding carboxylic acids is 1. The molecule has 0 spiro atoms. The Morgan fingerprint density at radius 2 is 2.25 bits per heavy atom. The molecule has 1 aliphatic carbocycles. The van der Waals surface area contributed by atoms with Crippen LogP contribution in [0.5, 0.6) is 0 Å². The summed E-state index contributed by atoms with van der Waals surface area (Å²) < 4.78 is 10.9. The fraction of sp³-hybridized carbons (Fsp3) is 0.769. The fourth-order valence-electron chi connectivity index (χ4n) is 2.12. The number of aromatic nitrogens is 2. The van der Waals surface area contributed by atoms with Gasteiger partial charge in [-0.05, 0) is 19.3 Å². The third-order valence-corrected chi connectivity index (χ3v) is 3.95. The molecule has 0 aliphatic heterocycles. The zero-order valence-corrected chi connectivity index (χ0v) is 12.6. The van der Waals surface area contributed by atoms with Gasteiger partial charge < -0.3 is 14.5 Å². The Morgan fingerprint density at radius 1 is 1.45 bits per heavy atom. The van der Waals surface area contributed by atoms with Gasteiger partial charge in [0, 0.05) is 20.1 Å². The van der Waals surface area contributed by atoms with Crippen LogP contribution in [-0.2, 0) is 9.53 Å². The number of nitrogens with one attached hydrogen (secondary N) is 1. The second-order valence-electron chi connectivity index (χ2n) is 4.86. The smallest absolute Gasteiger partial charge is 0.277 e. The van der Waals surface area contributed by atoms with Gasteiger partial charge in [0.25, 0.3) is 5.22 Å². The highest BCUT2D eigenvalue weighted by atomic mass is 32.2. The lowest BCUT2D eigenvalue weighted by atomic mass is 10.3. The summed E-state index contributed by atoms with van der Waals surface area (Å²) >= 11 is 1.25. The van der Waals surface area contributed by atoms with E-state index < -0.39 is 0 Å². The van der Waals surface area contributed by atoms with Crippen molar-refractivity contribution in [3.8, 4) is 0 Å². The van der Waals surface area contributed by atoms with Gasteiger partial charge in [-0.3, -0.25) is 4.79 Å². The van der Waals surface area contributed by atoms with Gasteiger partial charge in [-0.2, -0.15) is 0 Å². The second-order valence-corrected chi connectivity index (χ2v) is 5.78. The molecule has 20 heavy (non-hydrogen) atoms. The molecule has 1 aromatic rings. The molecule has 1 saturated carbocycles. The van der Waals surface area contributed by atoms with Gasteiger partial charge in [0.1, 0.15) is 0 Å². The summed E-state index contributed by atoms with van der Waals surface area (Å²) in [5.74, 6) is 0.786. The Labute approximate surface area is 123 Å². The molecule has 1 aromatic heterocycles. The minimum absolute atomic E-state index is 0.0216. The minimum atomic E-state index is -0.0216. The lowest BCUT2D eigenvalue weighted by molar-refractivity contribution is -0.118. The van der Waals surface area contributed by atoms with Gasteiger partial charge in [0.2, 0.25) is 11.8 Å². The predicted molar refractivity (Wildman–Crippen MR) is 75.6 cm³/mol. The third kappa shape index (κ3) is 5.50. The van der Waals surface area contributed by atoms with Crippen molar-refractivity contribution in [2.45, 2.75) is 50.4 Å². The minimum Gasteiger partial charge on any atom is -0.416 e. The molecule has 0 bridgehead atoms. The maximum absolute atomic E-state index is 11.6. The lowest BCUT2D eigenvalue weighted by Gasteiger charge is -2.10. The number of rotatable bonds is 8. The van der Waals surface area contributed by atoms with Gasteiger partial charge in [-0.15, -0.1) is 10.2 Å². The molecule has 1 fully saturated rings. The lowest BCUT2D eigenvalue weighted by Crippen LogP contribution is -2.27. The Balaban J connectivity index is 1.47. The average molecular weight is 299 g/mol. The number of hydrogen-bond acceptors (Lipinski definition) is 6. The second kappa shape index (κ2) is 8.26. The first-order valence-electron chi connectivity index (χ1n) is 7.05. The van der Waals surface area contributed by atoms with E-state index in [1.54, 1.807) is 6.92 Å². The third-order valence-electron chi connectivity index (χ3n) is 3.13. The molecule has 0 radical (unpaired) electrons. The SMILES string of the molecule is Cc1nnc(SCC(=O)NCCCOC2CCCC2)o1. The largest absolute Gasteiger partial charge is 0.416 e. The summed E-state index contributed by atoms with van der Waals surface area (Å²) in [6.07, 6.45) is 6.25. The summed E-state index contributed by atoms with van der Waals surface area (Å²) in [6, 6.07) is 0. The van der Waals surface area contributed by atoms with Crippen molar-refractivity contribution in [3.63, 3.8) is 0 Å². The van der Waals surface area contributed by atoms with E-state index in [1.807, 2.05) is 0 Å². The first-order valence-corrected chi connectivity index (χ1v) is 8.04. The van der Waals surface area contributed by atoms with Crippen molar-refractivity contribution in [1.82, 2.24) is 15.5 Å². The Hall–Kier alpha value is -1.08. The Bertz CT molecular complexity index is 419. The van der Waals surface area contributed by atoms with Gasteiger partial charge in [-0.25, -0.2) is 0 Å². The Kier molecular flexibility index (Phi) is 6.32. The van der Waals surface area contributed by atoms with Crippen molar-refractivity contribution >= 4 is 17.7 Å². The van der Waals surface area contributed by atoms with Crippen molar-refractivity contribution < 1.29 is 13.9 Å². The van der Waals surface area contributed by atoms with Crippen molar-refractivity contribution in [3.05, 3.63) is 5.89 Å². The van der Waals surface area contributed by atoms with E-state index in [4.69, 9.17) is 9.15 Å². The van der Waals surface area contributed by atoms with Crippen LogP contribution in [0.3, 0.4) is 0 Å². The van der Waals surface area contributed by atoms with E-state index in [0.29, 0.717) is 29.5 Å². The molecule has 1 heterocycles. The van der Waals surface area contributed by atoms with Crippen LogP contribution in [0.4, 0.5) is 0 Å². The van der Waals surface area contributed by atoms with Crippen molar-refractivity contribution in [2.24, 2.45) is 0 Å². The van der Waals surface area contributed by atoms with Crippen LogP contribution >= 0.6 is 11.8 Å². The van der Waals surface area contributed by atoms with Crippen LogP contribution in [0.1, 0.15) is 38.0 Å². The molecular formula is C13H21N3O3S. The predicted octanol–water partition coefficient (Wildman–Crippen LogP) is 1.94. The highest BCUT2D eigenvalue weighted by molar-refractivity contribution is 7.99. The van der Waals surface area contributed by atoms with Crippen LogP contribution in [0.15, 0.2) is 9.64 Å². The molecule has 2 rings (SSSR count). The molecule has 0 unspecified atom stereocenters. The van der Waals surface area contributed by atoms with E-state index in [-0.39, 0.29) is 5.91 Å². The topological polar surface area (TPSA) is 77.2 Å².